The molecule has 158 valence electrons. The summed E-state index contributed by atoms with van der Waals surface area (Å²) >= 11 is 5.11. The minimum absolute atomic E-state index is 0.151. The number of nitrogens with zero attached hydrogens (tertiary/aromatic N) is 2. The third-order valence-electron chi connectivity index (χ3n) is 4.39. The fraction of sp³-hybridized carbons (Fsp3) is 0.211. The van der Waals surface area contributed by atoms with Crippen molar-refractivity contribution in [2.45, 2.75) is 31.8 Å². The maximum atomic E-state index is 13.7. The van der Waals surface area contributed by atoms with Gasteiger partial charge in [0.25, 0.3) is 15.9 Å². The van der Waals surface area contributed by atoms with Crippen LogP contribution in [0.4, 0.5) is 10.1 Å². The lowest BCUT2D eigenvalue weighted by molar-refractivity contribution is 0.0949. The molecule has 0 unspecified atom stereocenters. The van der Waals surface area contributed by atoms with Crippen LogP contribution in [0.5, 0.6) is 0 Å². The van der Waals surface area contributed by atoms with E-state index >= 15 is 0 Å². The Morgan fingerprint density at radius 3 is 2.73 bits per heavy atom. The maximum absolute atomic E-state index is 13.7. The van der Waals surface area contributed by atoms with Gasteiger partial charge < -0.3 is 9.88 Å². The first-order chi connectivity index (χ1) is 14.2. The summed E-state index contributed by atoms with van der Waals surface area (Å²) in [6.07, 6.45) is 0. The highest BCUT2D eigenvalue weighted by molar-refractivity contribution is 7.92. The molecule has 0 bridgehead atoms. The van der Waals surface area contributed by atoms with Crippen molar-refractivity contribution in [2.75, 3.05) is 4.72 Å². The van der Waals surface area contributed by atoms with E-state index in [1.165, 1.54) is 24.3 Å². The lowest BCUT2D eigenvalue weighted by atomic mass is 10.2. The Labute approximate surface area is 178 Å². The molecule has 1 amide bonds. The van der Waals surface area contributed by atoms with E-state index < -0.39 is 21.7 Å². The highest BCUT2D eigenvalue weighted by atomic mass is 32.2. The highest BCUT2D eigenvalue weighted by Gasteiger charge is 2.17. The topological polar surface area (TPSA) is 109 Å². The third-order valence-corrected chi connectivity index (χ3v) is 6.08. The van der Waals surface area contributed by atoms with E-state index in [-0.39, 0.29) is 22.7 Å². The zero-order valence-electron chi connectivity index (χ0n) is 16.3. The standard InChI is InChI=1S/C19H20FN5O3S2/c1-3-25-17(22-23-19(25)29)11-21-18(26)13-5-4-6-14(9-13)24-30(27,28)15-8-7-12(2)16(20)10-15/h4-10,24H,3,11H2,1-2H3,(H,21,26)(H,23,29). The molecule has 1 aromatic heterocycles. The zero-order chi connectivity index (χ0) is 21.9. The number of sulfonamides is 1. The fourth-order valence-corrected chi connectivity index (χ4v) is 4.09. The number of benzene rings is 2. The van der Waals surface area contributed by atoms with E-state index in [1.807, 2.05) is 6.92 Å². The lowest BCUT2D eigenvalue weighted by Gasteiger charge is -2.11. The molecule has 0 saturated carbocycles. The second-order valence-corrected chi connectivity index (χ2v) is 8.54. The number of amides is 1. The summed E-state index contributed by atoms with van der Waals surface area (Å²) in [5.74, 6) is -0.445. The van der Waals surface area contributed by atoms with Gasteiger partial charge in [0, 0.05) is 17.8 Å². The number of hydrogen-bond acceptors (Lipinski definition) is 5. The lowest BCUT2D eigenvalue weighted by Crippen LogP contribution is -2.25. The van der Waals surface area contributed by atoms with E-state index in [1.54, 1.807) is 23.6 Å². The van der Waals surface area contributed by atoms with Crippen LogP contribution in [0.15, 0.2) is 47.4 Å². The van der Waals surface area contributed by atoms with Crippen molar-refractivity contribution in [3.8, 4) is 0 Å². The molecular weight excluding hydrogens is 429 g/mol. The zero-order valence-corrected chi connectivity index (χ0v) is 17.9. The van der Waals surface area contributed by atoms with Gasteiger partial charge in [-0.15, -0.1) is 0 Å². The van der Waals surface area contributed by atoms with Crippen LogP contribution in [0.3, 0.4) is 0 Å². The Hall–Kier alpha value is -3.05. The number of rotatable bonds is 7. The van der Waals surface area contributed by atoms with Crippen LogP contribution in [0.2, 0.25) is 0 Å². The molecule has 3 N–H and O–H groups in total. The number of anilines is 1. The quantitative estimate of drug-likeness (QED) is 0.480. The molecule has 2 aromatic carbocycles. The van der Waals surface area contributed by atoms with Gasteiger partial charge in [-0.1, -0.05) is 12.1 Å². The summed E-state index contributed by atoms with van der Waals surface area (Å²) in [7, 11) is -4.01. The molecule has 11 heteroatoms. The molecule has 1 heterocycles. The molecule has 0 fully saturated rings. The fourth-order valence-electron chi connectivity index (χ4n) is 2.75. The number of halogens is 1. The number of carbonyl (C=O) groups excluding carboxylic acids is 1. The number of aromatic nitrogens is 3. The summed E-state index contributed by atoms with van der Waals surface area (Å²) in [4.78, 5) is 12.3. The van der Waals surface area contributed by atoms with Crippen molar-refractivity contribution < 1.29 is 17.6 Å². The number of carbonyl (C=O) groups is 1. The van der Waals surface area contributed by atoms with Gasteiger partial charge in [-0.3, -0.25) is 14.6 Å². The summed E-state index contributed by atoms with van der Waals surface area (Å²) in [6, 6.07) is 9.65. The van der Waals surface area contributed by atoms with Crippen molar-refractivity contribution in [3.05, 3.63) is 70.0 Å². The summed E-state index contributed by atoms with van der Waals surface area (Å²) in [5.41, 5.74) is 0.777. The molecule has 0 aliphatic heterocycles. The van der Waals surface area contributed by atoms with Crippen LogP contribution in [-0.4, -0.2) is 29.1 Å². The summed E-state index contributed by atoms with van der Waals surface area (Å²) in [5, 5.41) is 9.47. The molecule has 0 spiro atoms. The second-order valence-electron chi connectivity index (χ2n) is 6.47. The van der Waals surface area contributed by atoms with Gasteiger partial charge in [0.15, 0.2) is 10.6 Å². The average molecular weight is 450 g/mol. The van der Waals surface area contributed by atoms with Crippen molar-refractivity contribution in [3.63, 3.8) is 0 Å². The van der Waals surface area contributed by atoms with Crippen LogP contribution in [0.1, 0.15) is 28.7 Å². The minimum Gasteiger partial charge on any atom is -0.345 e. The Morgan fingerprint density at radius 2 is 2.03 bits per heavy atom. The van der Waals surface area contributed by atoms with Crippen molar-refractivity contribution >= 4 is 33.8 Å². The minimum atomic E-state index is -4.01. The Bertz CT molecular complexity index is 1250. The first kappa shape index (κ1) is 21.7. The van der Waals surface area contributed by atoms with Crippen molar-refractivity contribution in [1.29, 1.82) is 0 Å². The van der Waals surface area contributed by atoms with Crippen molar-refractivity contribution in [1.82, 2.24) is 20.1 Å². The second kappa shape index (κ2) is 8.76. The van der Waals surface area contributed by atoms with Gasteiger partial charge in [0.2, 0.25) is 0 Å². The molecule has 8 nitrogen and oxygen atoms in total. The van der Waals surface area contributed by atoms with Gasteiger partial charge >= 0.3 is 0 Å². The molecule has 0 aliphatic carbocycles. The molecular formula is C19H20FN5O3S2. The molecule has 3 rings (SSSR count). The number of aromatic amines is 1. The van der Waals surface area contributed by atoms with Gasteiger partial charge in [-0.25, -0.2) is 12.8 Å². The summed E-state index contributed by atoms with van der Waals surface area (Å²) in [6.45, 7) is 4.21. The van der Waals surface area contributed by atoms with Crippen LogP contribution in [0, 0.1) is 17.5 Å². The SMILES string of the molecule is CCn1c(CNC(=O)c2cccc(NS(=O)(=O)c3ccc(C)c(F)c3)c2)n[nH]c1=S. The molecule has 0 radical (unpaired) electrons. The predicted molar refractivity (Wildman–Crippen MR) is 113 cm³/mol. The third kappa shape index (κ3) is 4.74. The largest absolute Gasteiger partial charge is 0.345 e. The Morgan fingerprint density at radius 1 is 1.27 bits per heavy atom. The Balaban J connectivity index is 1.74. The highest BCUT2D eigenvalue weighted by Crippen LogP contribution is 2.19. The average Bonchev–Trinajstić information content (AvgIpc) is 3.07. The van der Waals surface area contributed by atoms with Crippen LogP contribution in [0.25, 0.3) is 0 Å². The number of aryl methyl sites for hydroxylation is 1. The molecule has 0 aliphatic rings. The molecule has 0 saturated heterocycles. The first-order valence-corrected chi connectivity index (χ1v) is 10.9. The van der Waals surface area contributed by atoms with Gasteiger partial charge in [0.1, 0.15) is 5.82 Å². The maximum Gasteiger partial charge on any atom is 0.261 e. The monoisotopic (exact) mass is 449 g/mol. The van der Waals surface area contributed by atoms with E-state index in [0.717, 1.165) is 6.07 Å². The molecule has 3 aromatic rings. The van der Waals surface area contributed by atoms with E-state index in [0.29, 0.717) is 22.7 Å². The predicted octanol–water partition coefficient (Wildman–Crippen LogP) is 3.14. The van der Waals surface area contributed by atoms with E-state index in [4.69, 9.17) is 12.2 Å². The van der Waals surface area contributed by atoms with Crippen LogP contribution in [-0.2, 0) is 23.1 Å². The molecule has 0 atom stereocenters. The number of H-pyrrole nitrogens is 1. The van der Waals surface area contributed by atoms with Crippen LogP contribution >= 0.6 is 12.2 Å². The number of nitrogens with one attached hydrogen (secondary N) is 3. The van der Waals surface area contributed by atoms with Crippen LogP contribution < -0.4 is 10.0 Å². The number of hydrogen-bond donors (Lipinski definition) is 3. The van der Waals surface area contributed by atoms with Gasteiger partial charge in [0.05, 0.1) is 11.4 Å². The van der Waals surface area contributed by atoms with Gasteiger partial charge in [-0.05, 0) is 62.0 Å². The first-order valence-electron chi connectivity index (χ1n) is 9.02. The van der Waals surface area contributed by atoms with Gasteiger partial charge in [-0.2, -0.15) is 5.10 Å². The summed E-state index contributed by atoms with van der Waals surface area (Å²) < 4.78 is 43.4. The normalized spacial score (nSPS) is 11.3. The Kier molecular flexibility index (Phi) is 6.32. The molecule has 30 heavy (non-hydrogen) atoms. The smallest absolute Gasteiger partial charge is 0.261 e. The van der Waals surface area contributed by atoms with E-state index in [9.17, 15) is 17.6 Å². The van der Waals surface area contributed by atoms with Crippen molar-refractivity contribution in [2.24, 2.45) is 0 Å². The van der Waals surface area contributed by atoms with E-state index in [2.05, 4.69) is 20.2 Å².